The normalized spacial score (nSPS) is 20.2. The maximum absolute atomic E-state index is 13.2. The lowest BCUT2D eigenvalue weighted by Crippen LogP contribution is -2.22. The van der Waals surface area contributed by atoms with E-state index in [9.17, 15) is 4.39 Å². The van der Waals surface area contributed by atoms with Gasteiger partial charge in [0, 0.05) is 12.2 Å². The summed E-state index contributed by atoms with van der Waals surface area (Å²) in [5.74, 6) is 0.125. The number of nitrogens with two attached hydrogens (primary N) is 1. The number of hydrogen-bond donors (Lipinski definition) is 1. The van der Waals surface area contributed by atoms with Crippen LogP contribution in [0.15, 0.2) is 18.2 Å². The maximum Gasteiger partial charge on any atom is 0.182 e. The summed E-state index contributed by atoms with van der Waals surface area (Å²) in [5, 5.41) is 11.8. The van der Waals surface area contributed by atoms with Gasteiger partial charge in [-0.1, -0.05) is 0 Å². The molecule has 0 aliphatic carbocycles. The van der Waals surface area contributed by atoms with Crippen molar-refractivity contribution in [3.05, 3.63) is 24.0 Å². The Hall–Kier alpha value is -2.02. The van der Waals surface area contributed by atoms with Crippen LogP contribution in [0.2, 0.25) is 0 Å². The van der Waals surface area contributed by atoms with Crippen LogP contribution in [0.4, 0.5) is 10.1 Å². The standard InChI is InChI=1S/C13H16FN5O/c1-8(12-3-2-6-20-12)19-13(16-17-18-19)9-4-5-10(14)11(15)7-9/h4-5,7-8,12H,2-3,6,15H2,1H3. The molecule has 0 spiro atoms. The Labute approximate surface area is 115 Å². The zero-order chi connectivity index (χ0) is 14.1. The molecule has 7 heteroatoms. The molecule has 1 aliphatic heterocycles. The predicted octanol–water partition coefficient (Wildman–Crippen LogP) is 1.80. The molecule has 1 saturated heterocycles. The van der Waals surface area contributed by atoms with Crippen LogP contribution in [-0.4, -0.2) is 32.9 Å². The predicted molar refractivity (Wildman–Crippen MR) is 71.3 cm³/mol. The minimum atomic E-state index is -0.444. The fourth-order valence-corrected chi connectivity index (χ4v) is 2.48. The SMILES string of the molecule is CC(C1CCCO1)n1nnnc1-c1ccc(F)c(N)c1. The quantitative estimate of drug-likeness (QED) is 0.865. The van der Waals surface area contributed by atoms with E-state index in [4.69, 9.17) is 10.5 Å². The molecular formula is C13H16FN5O. The smallest absolute Gasteiger partial charge is 0.182 e. The van der Waals surface area contributed by atoms with Crippen LogP contribution in [0.5, 0.6) is 0 Å². The van der Waals surface area contributed by atoms with Crippen molar-refractivity contribution in [1.82, 2.24) is 20.2 Å². The number of halogens is 1. The molecule has 2 N–H and O–H groups in total. The Morgan fingerprint density at radius 3 is 3.05 bits per heavy atom. The third kappa shape index (κ3) is 2.24. The summed E-state index contributed by atoms with van der Waals surface area (Å²) in [6, 6.07) is 4.50. The number of nitrogen functional groups attached to an aromatic ring is 1. The Kier molecular flexibility index (Phi) is 3.35. The highest BCUT2D eigenvalue weighted by atomic mass is 19.1. The van der Waals surface area contributed by atoms with E-state index in [1.165, 1.54) is 6.07 Å². The van der Waals surface area contributed by atoms with Gasteiger partial charge in [0.15, 0.2) is 5.82 Å². The van der Waals surface area contributed by atoms with Crippen molar-refractivity contribution >= 4 is 5.69 Å². The van der Waals surface area contributed by atoms with Gasteiger partial charge in [0.25, 0.3) is 0 Å². The van der Waals surface area contributed by atoms with Gasteiger partial charge in [-0.05, 0) is 48.4 Å². The zero-order valence-electron chi connectivity index (χ0n) is 11.2. The van der Waals surface area contributed by atoms with Gasteiger partial charge in [0.05, 0.1) is 17.8 Å². The summed E-state index contributed by atoms with van der Waals surface area (Å²) >= 11 is 0. The average Bonchev–Trinajstić information content (AvgIpc) is 3.11. The van der Waals surface area contributed by atoms with Gasteiger partial charge in [-0.3, -0.25) is 0 Å². The van der Waals surface area contributed by atoms with Crippen molar-refractivity contribution in [3.63, 3.8) is 0 Å². The summed E-state index contributed by atoms with van der Waals surface area (Å²) in [5.41, 5.74) is 6.38. The number of hydrogen-bond acceptors (Lipinski definition) is 5. The Morgan fingerprint density at radius 2 is 2.35 bits per heavy atom. The second-order valence-electron chi connectivity index (χ2n) is 4.98. The van der Waals surface area contributed by atoms with Crippen molar-refractivity contribution in [2.45, 2.75) is 31.9 Å². The molecule has 1 aliphatic rings. The number of ether oxygens (including phenoxy) is 1. The van der Waals surface area contributed by atoms with Crippen molar-refractivity contribution in [2.75, 3.05) is 12.3 Å². The molecule has 2 heterocycles. The first-order chi connectivity index (χ1) is 9.66. The van der Waals surface area contributed by atoms with E-state index in [0.717, 1.165) is 19.4 Å². The van der Waals surface area contributed by atoms with E-state index in [1.54, 1.807) is 16.8 Å². The van der Waals surface area contributed by atoms with E-state index in [0.29, 0.717) is 11.4 Å². The highest BCUT2D eigenvalue weighted by molar-refractivity contribution is 5.61. The van der Waals surface area contributed by atoms with Crippen molar-refractivity contribution in [2.24, 2.45) is 0 Å². The van der Waals surface area contributed by atoms with Crippen molar-refractivity contribution < 1.29 is 9.13 Å². The summed E-state index contributed by atoms with van der Waals surface area (Å²) in [6.45, 7) is 2.79. The maximum atomic E-state index is 13.2. The molecular weight excluding hydrogens is 261 g/mol. The lowest BCUT2D eigenvalue weighted by molar-refractivity contribution is 0.0690. The van der Waals surface area contributed by atoms with Crippen LogP contribution in [0.1, 0.15) is 25.8 Å². The van der Waals surface area contributed by atoms with Gasteiger partial charge < -0.3 is 10.5 Å². The lowest BCUT2D eigenvalue weighted by atomic mass is 10.1. The van der Waals surface area contributed by atoms with Gasteiger partial charge in [-0.2, -0.15) is 0 Å². The molecule has 2 atom stereocenters. The largest absolute Gasteiger partial charge is 0.396 e. The van der Waals surface area contributed by atoms with E-state index in [2.05, 4.69) is 15.5 Å². The van der Waals surface area contributed by atoms with E-state index in [1.807, 2.05) is 6.92 Å². The van der Waals surface area contributed by atoms with Crippen LogP contribution in [0.3, 0.4) is 0 Å². The first-order valence-corrected chi connectivity index (χ1v) is 6.61. The van der Waals surface area contributed by atoms with E-state index < -0.39 is 5.82 Å². The van der Waals surface area contributed by atoms with Crippen LogP contribution in [0, 0.1) is 5.82 Å². The van der Waals surface area contributed by atoms with E-state index >= 15 is 0 Å². The third-order valence-corrected chi connectivity index (χ3v) is 3.64. The minimum absolute atomic E-state index is 0.0220. The fraction of sp³-hybridized carbons (Fsp3) is 0.462. The highest BCUT2D eigenvalue weighted by Gasteiger charge is 2.27. The topological polar surface area (TPSA) is 78.8 Å². The number of aromatic nitrogens is 4. The number of tetrazole rings is 1. The van der Waals surface area contributed by atoms with Crippen molar-refractivity contribution in [1.29, 1.82) is 0 Å². The van der Waals surface area contributed by atoms with Gasteiger partial charge >= 0.3 is 0 Å². The Balaban J connectivity index is 1.94. The first-order valence-electron chi connectivity index (χ1n) is 6.61. The second-order valence-corrected chi connectivity index (χ2v) is 4.98. The monoisotopic (exact) mass is 277 g/mol. The summed E-state index contributed by atoms with van der Waals surface area (Å²) in [4.78, 5) is 0. The fourth-order valence-electron chi connectivity index (χ4n) is 2.48. The molecule has 1 fully saturated rings. The van der Waals surface area contributed by atoms with Crippen LogP contribution in [-0.2, 0) is 4.74 Å². The number of anilines is 1. The van der Waals surface area contributed by atoms with Crippen LogP contribution >= 0.6 is 0 Å². The summed E-state index contributed by atoms with van der Waals surface area (Å²) in [7, 11) is 0. The molecule has 6 nitrogen and oxygen atoms in total. The Bertz CT molecular complexity index is 609. The van der Waals surface area contributed by atoms with Gasteiger partial charge in [0.2, 0.25) is 0 Å². The molecule has 0 radical (unpaired) electrons. The van der Waals surface area contributed by atoms with Crippen LogP contribution < -0.4 is 5.73 Å². The van der Waals surface area contributed by atoms with Crippen LogP contribution in [0.25, 0.3) is 11.4 Å². The molecule has 106 valence electrons. The molecule has 3 rings (SSSR count). The molecule has 0 bridgehead atoms. The number of benzene rings is 1. The number of nitrogens with zero attached hydrogens (tertiary/aromatic N) is 4. The molecule has 0 saturated carbocycles. The van der Waals surface area contributed by atoms with Crippen molar-refractivity contribution in [3.8, 4) is 11.4 Å². The molecule has 2 unspecified atom stereocenters. The summed E-state index contributed by atoms with van der Waals surface area (Å²) < 4.78 is 20.6. The van der Waals surface area contributed by atoms with Gasteiger partial charge in [-0.25, -0.2) is 9.07 Å². The molecule has 2 aromatic rings. The molecule has 1 aromatic heterocycles. The molecule has 1 aromatic carbocycles. The third-order valence-electron chi connectivity index (χ3n) is 3.64. The minimum Gasteiger partial charge on any atom is -0.396 e. The zero-order valence-corrected chi connectivity index (χ0v) is 11.2. The molecule has 20 heavy (non-hydrogen) atoms. The number of rotatable bonds is 3. The second kappa shape index (κ2) is 5.16. The Morgan fingerprint density at radius 1 is 1.50 bits per heavy atom. The van der Waals surface area contributed by atoms with Gasteiger partial charge in [0.1, 0.15) is 5.82 Å². The van der Waals surface area contributed by atoms with Gasteiger partial charge in [-0.15, -0.1) is 5.10 Å². The summed E-state index contributed by atoms with van der Waals surface area (Å²) in [6.07, 6.45) is 2.15. The average molecular weight is 277 g/mol. The lowest BCUT2D eigenvalue weighted by Gasteiger charge is -2.19. The van der Waals surface area contributed by atoms with E-state index in [-0.39, 0.29) is 17.8 Å². The first kappa shape index (κ1) is 13.0. The molecule has 0 amide bonds. The highest BCUT2D eigenvalue weighted by Crippen LogP contribution is 2.28.